The summed E-state index contributed by atoms with van der Waals surface area (Å²) in [5.74, 6) is 0. The lowest BCUT2D eigenvalue weighted by Crippen LogP contribution is -2.49. The Bertz CT molecular complexity index is 156. The van der Waals surface area contributed by atoms with Crippen molar-refractivity contribution in [3.05, 3.63) is 0 Å². The van der Waals surface area contributed by atoms with Crippen molar-refractivity contribution < 1.29 is 25.2 Å². The van der Waals surface area contributed by atoms with Gasteiger partial charge in [0.2, 0.25) is 0 Å². The first-order chi connectivity index (χ1) is 5.57. The molecule has 3 atom stereocenters. The smallest absolute Gasteiger partial charge is 0.143 e. The van der Waals surface area contributed by atoms with Gasteiger partial charge in [0.15, 0.2) is 0 Å². The molecule has 0 aromatic heterocycles. The van der Waals surface area contributed by atoms with Crippen LogP contribution in [0.3, 0.4) is 0 Å². The Morgan fingerprint density at radius 3 is 1.92 bits per heavy atom. The van der Waals surface area contributed by atoms with Gasteiger partial charge in [0.1, 0.15) is 17.8 Å². The van der Waals surface area contributed by atoms with Gasteiger partial charge in [-0.15, -0.1) is 0 Å². The highest BCUT2D eigenvalue weighted by Gasteiger charge is 2.51. The van der Waals surface area contributed by atoms with Crippen LogP contribution in [-0.2, 0) is 4.74 Å². The zero-order valence-electron chi connectivity index (χ0n) is 6.84. The summed E-state index contributed by atoms with van der Waals surface area (Å²) in [6.45, 7) is 0.555. The number of aliphatic hydroxyl groups excluding tert-OH is 4. The van der Waals surface area contributed by atoms with E-state index in [-0.39, 0.29) is 0 Å². The van der Waals surface area contributed by atoms with Crippen LogP contribution in [0, 0.1) is 0 Å². The Hall–Kier alpha value is -0.200. The van der Waals surface area contributed by atoms with Gasteiger partial charge in [0.25, 0.3) is 0 Å². The third kappa shape index (κ3) is 1.23. The molecule has 1 aliphatic heterocycles. The minimum atomic E-state index is -1.40. The van der Waals surface area contributed by atoms with Crippen LogP contribution in [0.15, 0.2) is 0 Å². The fraction of sp³-hybridized carbons (Fsp3) is 1.00. The van der Waals surface area contributed by atoms with E-state index < -0.39 is 37.1 Å². The summed E-state index contributed by atoms with van der Waals surface area (Å²) >= 11 is 0. The van der Waals surface area contributed by atoms with Crippen LogP contribution in [0.2, 0.25) is 0 Å². The highest BCUT2D eigenvalue weighted by atomic mass is 16.6. The molecule has 1 rings (SSSR count). The van der Waals surface area contributed by atoms with Gasteiger partial charge < -0.3 is 25.2 Å². The Morgan fingerprint density at radius 1 is 1.25 bits per heavy atom. The molecule has 0 aromatic carbocycles. The van der Waals surface area contributed by atoms with Gasteiger partial charge in [-0.2, -0.15) is 0 Å². The lowest BCUT2D eigenvalue weighted by Gasteiger charge is -2.27. The molecule has 5 nitrogen and oxygen atoms in total. The molecule has 0 saturated carbocycles. The zero-order chi connectivity index (χ0) is 9.35. The van der Waals surface area contributed by atoms with E-state index in [0.717, 1.165) is 0 Å². The first-order valence-corrected chi connectivity index (χ1v) is 3.83. The Morgan fingerprint density at radius 2 is 1.75 bits per heavy atom. The van der Waals surface area contributed by atoms with Crippen molar-refractivity contribution in [2.75, 3.05) is 13.2 Å². The van der Waals surface area contributed by atoms with Crippen LogP contribution in [0.4, 0.5) is 0 Å². The molecule has 0 spiro atoms. The van der Waals surface area contributed by atoms with Gasteiger partial charge in [0.05, 0.1) is 19.3 Å². The Balaban J connectivity index is 2.79. The first-order valence-electron chi connectivity index (χ1n) is 3.83. The van der Waals surface area contributed by atoms with E-state index in [0.29, 0.717) is 0 Å². The quantitative estimate of drug-likeness (QED) is 0.387. The molecule has 2 unspecified atom stereocenters. The monoisotopic (exact) mass is 178 g/mol. The van der Waals surface area contributed by atoms with Crippen LogP contribution in [0.25, 0.3) is 0 Å². The summed E-state index contributed by atoms with van der Waals surface area (Å²) in [4.78, 5) is 0. The number of ether oxygens (including phenoxy) is 1. The average Bonchev–Trinajstić information content (AvgIpc) is 2.30. The van der Waals surface area contributed by atoms with E-state index in [9.17, 15) is 10.2 Å². The first kappa shape index (κ1) is 9.88. The highest BCUT2D eigenvalue weighted by molar-refractivity contribution is 5.00. The number of hydrogen-bond acceptors (Lipinski definition) is 5. The van der Waals surface area contributed by atoms with E-state index >= 15 is 0 Å². The van der Waals surface area contributed by atoms with Crippen LogP contribution in [0.5, 0.6) is 0 Å². The number of rotatable bonds is 2. The van der Waals surface area contributed by atoms with Crippen molar-refractivity contribution in [3.63, 3.8) is 0 Å². The van der Waals surface area contributed by atoms with Crippen LogP contribution >= 0.6 is 0 Å². The van der Waals surface area contributed by atoms with Gasteiger partial charge in [-0.25, -0.2) is 0 Å². The fourth-order valence-electron chi connectivity index (χ4n) is 1.39. The second-order valence-electron chi connectivity index (χ2n) is 3.14. The molecule has 12 heavy (non-hydrogen) atoms. The molecule has 5 heteroatoms. The van der Waals surface area contributed by atoms with Crippen LogP contribution < -0.4 is 0 Å². The van der Waals surface area contributed by atoms with E-state index in [1.54, 1.807) is 6.92 Å². The standard InChI is InChI=1S/C7H14O5/c1-4-5(10)6(11)7(2-8,3-9)12-4/h4-6,8-11H,2-3H2,1H3/t4-,5?,6?/m0/s1. The molecule has 72 valence electrons. The molecule has 1 heterocycles. The van der Waals surface area contributed by atoms with E-state index in [2.05, 4.69) is 0 Å². The highest BCUT2D eigenvalue weighted by Crippen LogP contribution is 2.30. The molecule has 0 aromatic rings. The maximum absolute atomic E-state index is 9.38. The lowest BCUT2D eigenvalue weighted by atomic mass is 9.96. The summed E-state index contributed by atoms with van der Waals surface area (Å²) in [5, 5.41) is 36.4. The number of aliphatic hydroxyl groups is 4. The van der Waals surface area contributed by atoms with E-state index in [1.807, 2.05) is 0 Å². The van der Waals surface area contributed by atoms with Gasteiger partial charge in [-0.3, -0.25) is 0 Å². The molecule has 0 bridgehead atoms. The molecule has 1 aliphatic rings. The number of hydrogen-bond donors (Lipinski definition) is 4. The Kier molecular flexibility index (Phi) is 2.70. The van der Waals surface area contributed by atoms with E-state index in [4.69, 9.17) is 14.9 Å². The van der Waals surface area contributed by atoms with Crippen LogP contribution in [0.1, 0.15) is 6.92 Å². The van der Waals surface area contributed by atoms with Crippen LogP contribution in [-0.4, -0.2) is 57.6 Å². The maximum Gasteiger partial charge on any atom is 0.143 e. The summed E-state index contributed by atoms with van der Waals surface area (Å²) in [7, 11) is 0. The molecule has 1 fully saturated rings. The molecular weight excluding hydrogens is 164 g/mol. The van der Waals surface area contributed by atoms with Gasteiger partial charge in [-0.1, -0.05) is 0 Å². The molecular formula is C7H14O5. The molecule has 0 aliphatic carbocycles. The topological polar surface area (TPSA) is 90.2 Å². The van der Waals surface area contributed by atoms with Crippen molar-refractivity contribution in [1.29, 1.82) is 0 Å². The van der Waals surface area contributed by atoms with Crippen molar-refractivity contribution in [2.45, 2.75) is 30.8 Å². The minimum absolute atomic E-state index is 0.508. The predicted octanol–water partition coefficient (Wildman–Crippen LogP) is -2.15. The predicted molar refractivity (Wildman–Crippen MR) is 39.5 cm³/mol. The molecule has 0 amide bonds. The molecule has 1 saturated heterocycles. The van der Waals surface area contributed by atoms with Crippen molar-refractivity contribution in [3.8, 4) is 0 Å². The third-order valence-corrected chi connectivity index (χ3v) is 2.30. The molecule has 0 radical (unpaired) electrons. The summed E-state index contributed by atoms with van der Waals surface area (Å²) in [6, 6.07) is 0. The van der Waals surface area contributed by atoms with Crippen molar-refractivity contribution >= 4 is 0 Å². The zero-order valence-corrected chi connectivity index (χ0v) is 6.84. The van der Waals surface area contributed by atoms with Gasteiger partial charge in [0, 0.05) is 0 Å². The summed E-state index contributed by atoms with van der Waals surface area (Å²) in [5.41, 5.74) is -1.40. The van der Waals surface area contributed by atoms with Gasteiger partial charge in [-0.05, 0) is 6.92 Å². The fourth-order valence-corrected chi connectivity index (χ4v) is 1.39. The minimum Gasteiger partial charge on any atom is -0.393 e. The van der Waals surface area contributed by atoms with Crippen molar-refractivity contribution in [2.24, 2.45) is 0 Å². The average molecular weight is 178 g/mol. The SMILES string of the molecule is C[C@@H]1OC(CO)(CO)C(O)C1O. The normalized spacial score (nSPS) is 40.2. The maximum atomic E-state index is 9.38. The van der Waals surface area contributed by atoms with E-state index in [1.165, 1.54) is 0 Å². The second-order valence-corrected chi connectivity index (χ2v) is 3.14. The van der Waals surface area contributed by atoms with Crippen molar-refractivity contribution in [1.82, 2.24) is 0 Å². The largest absolute Gasteiger partial charge is 0.393 e. The lowest BCUT2D eigenvalue weighted by molar-refractivity contribution is -0.133. The summed E-state index contributed by atoms with van der Waals surface area (Å²) in [6.07, 6.45) is -2.86. The second kappa shape index (κ2) is 3.27. The Labute approximate surface area is 70.2 Å². The summed E-state index contributed by atoms with van der Waals surface area (Å²) < 4.78 is 5.07. The molecule has 4 N–H and O–H groups in total. The van der Waals surface area contributed by atoms with Gasteiger partial charge >= 0.3 is 0 Å². The third-order valence-electron chi connectivity index (χ3n) is 2.30.